The maximum Gasteiger partial charge on any atom is 0.251 e. The Kier molecular flexibility index (Phi) is 3.69. The molecule has 18 heavy (non-hydrogen) atoms. The average molecular weight is 249 g/mol. The van der Waals surface area contributed by atoms with Crippen molar-refractivity contribution in [3.63, 3.8) is 0 Å². The van der Waals surface area contributed by atoms with E-state index >= 15 is 0 Å². The van der Waals surface area contributed by atoms with E-state index in [4.69, 9.17) is 5.73 Å². The second kappa shape index (κ2) is 5.25. The predicted octanol–water partition coefficient (Wildman–Crippen LogP) is 0.735. The lowest BCUT2D eigenvalue weighted by Gasteiger charge is -2.17. The summed E-state index contributed by atoms with van der Waals surface area (Å²) in [6.07, 6.45) is 4.84. The molecule has 5 heteroatoms. The molecular weight excluding hydrogens is 230 g/mol. The highest BCUT2D eigenvalue weighted by molar-refractivity contribution is 5.76. The van der Waals surface area contributed by atoms with Gasteiger partial charge in [-0.3, -0.25) is 9.59 Å². The summed E-state index contributed by atoms with van der Waals surface area (Å²) in [4.78, 5) is 23.4. The first-order valence-electron chi connectivity index (χ1n) is 6.31. The zero-order valence-electron chi connectivity index (χ0n) is 10.6. The van der Waals surface area contributed by atoms with Gasteiger partial charge in [-0.15, -0.1) is 0 Å². The number of nitrogens with zero attached hydrogens (tertiary/aromatic N) is 1. The summed E-state index contributed by atoms with van der Waals surface area (Å²) in [6, 6.07) is 3.16. The van der Waals surface area contributed by atoms with Crippen LogP contribution in [0.5, 0.6) is 0 Å². The molecule has 1 aliphatic rings. The van der Waals surface area contributed by atoms with E-state index in [9.17, 15) is 9.59 Å². The van der Waals surface area contributed by atoms with Crippen molar-refractivity contribution in [2.24, 2.45) is 5.92 Å². The van der Waals surface area contributed by atoms with Gasteiger partial charge in [-0.2, -0.15) is 0 Å². The number of anilines is 1. The fourth-order valence-electron chi connectivity index (χ4n) is 2.44. The van der Waals surface area contributed by atoms with Gasteiger partial charge in [0.1, 0.15) is 6.54 Å². The molecule has 1 aliphatic carbocycles. The summed E-state index contributed by atoms with van der Waals surface area (Å²) in [7, 11) is 0. The molecule has 0 aromatic carbocycles. The number of pyridine rings is 1. The molecule has 0 saturated heterocycles. The molecule has 1 aromatic rings. The molecular formula is C13H19N3O2. The maximum atomic E-state index is 11.9. The first-order chi connectivity index (χ1) is 8.56. The number of aromatic nitrogens is 1. The highest BCUT2D eigenvalue weighted by Crippen LogP contribution is 2.24. The summed E-state index contributed by atoms with van der Waals surface area (Å²) >= 11 is 0. The van der Waals surface area contributed by atoms with Gasteiger partial charge in [-0.05, 0) is 24.8 Å². The van der Waals surface area contributed by atoms with Crippen molar-refractivity contribution in [3.05, 3.63) is 28.7 Å². The fourth-order valence-corrected chi connectivity index (χ4v) is 2.44. The predicted molar refractivity (Wildman–Crippen MR) is 70.1 cm³/mol. The van der Waals surface area contributed by atoms with E-state index in [0.29, 0.717) is 11.6 Å². The van der Waals surface area contributed by atoms with E-state index < -0.39 is 0 Å². The number of nitrogen functional groups attached to an aromatic ring is 1. The van der Waals surface area contributed by atoms with Gasteiger partial charge >= 0.3 is 0 Å². The van der Waals surface area contributed by atoms with Gasteiger partial charge in [0.15, 0.2) is 0 Å². The van der Waals surface area contributed by atoms with Crippen molar-refractivity contribution in [1.29, 1.82) is 0 Å². The molecule has 1 heterocycles. The second-order valence-corrected chi connectivity index (χ2v) is 5.01. The minimum absolute atomic E-state index is 0.0348. The molecule has 1 fully saturated rings. The number of hydrogen-bond donors (Lipinski definition) is 2. The van der Waals surface area contributed by atoms with Gasteiger partial charge < -0.3 is 15.6 Å². The van der Waals surface area contributed by atoms with Crippen LogP contribution in [0.2, 0.25) is 0 Å². The van der Waals surface area contributed by atoms with Crippen LogP contribution in [0.15, 0.2) is 23.1 Å². The van der Waals surface area contributed by atoms with Crippen LogP contribution in [0, 0.1) is 5.92 Å². The Bertz CT molecular complexity index is 495. The van der Waals surface area contributed by atoms with E-state index in [1.165, 1.54) is 22.9 Å². The van der Waals surface area contributed by atoms with Crippen molar-refractivity contribution < 1.29 is 4.79 Å². The van der Waals surface area contributed by atoms with Crippen LogP contribution >= 0.6 is 0 Å². The molecule has 2 unspecified atom stereocenters. The lowest BCUT2D eigenvalue weighted by atomic mass is 10.1. The Hall–Kier alpha value is -1.78. The van der Waals surface area contributed by atoms with Crippen LogP contribution in [0.4, 0.5) is 5.69 Å². The number of hydrogen-bond acceptors (Lipinski definition) is 3. The molecule has 0 bridgehead atoms. The van der Waals surface area contributed by atoms with E-state index in [1.807, 2.05) is 0 Å². The molecule has 1 saturated carbocycles. The minimum Gasteiger partial charge on any atom is -0.398 e. The maximum absolute atomic E-state index is 11.9. The van der Waals surface area contributed by atoms with Crippen molar-refractivity contribution in [1.82, 2.24) is 9.88 Å². The van der Waals surface area contributed by atoms with Gasteiger partial charge in [0, 0.05) is 24.0 Å². The highest BCUT2D eigenvalue weighted by atomic mass is 16.2. The average Bonchev–Trinajstić information content (AvgIpc) is 2.70. The Balaban J connectivity index is 1.98. The zero-order valence-corrected chi connectivity index (χ0v) is 10.6. The third-order valence-electron chi connectivity index (χ3n) is 3.53. The Morgan fingerprint density at radius 1 is 1.50 bits per heavy atom. The number of carbonyl (C=O) groups excluding carboxylic acids is 1. The normalized spacial score (nSPS) is 22.9. The largest absolute Gasteiger partial charge is 0.398 e. The van der Waals surface area contributed by atoms with Crippen molar-refractivity contribution >= 4 is 11.6 Å². The molecule has 0 spiro atoms. The van der Waals surface area contributed by atoms with Gasteiger partial charge in [0.2, 0.25) is 5.91 Å². The van der Waals surface area contributed by atoms with Crippen molar-refractivity contribution in [2.45, 2.75) is 38.8 Å². The monoisotopic (exact) mass is 249 g/mol. The van der Waals surface area contributed by atoms with Crippen molar-refractivity contribution in [3.8, 4) is 0 Å². The lowest BCUT2D eigenvalue weighted by Crippen LogP contribution is -2.39. The molecule has 3 N–H and O–H groups in total. The minimum atomic E-state index is -0.209. The standard InChI is InChI=1S/C13H19N3O2/c1-9-3-2-4-11(9)15-12(17)8-16-7-10(14)5-6-13(16)18/h5-7,9,11H,2-4,8,14H2,1H3,(H,15,17). The van der Waals surface area contributed by atoms with E-state index in [-0.39, 0.29) is 24.1 Å². The number of nitrogens with two attached hydrogens (primary N) is 1. The SMILES string of the molecule is CC1CCCC1NC(=O)Cn1cc(N)ccc1=O. The van der Waals surface area contributed by atoms with E-state index in [0.717, 1.165) is 19.3 Å². The summed E-state index contributed by atoms with van der Waals surface area (Å²) in [6.45, 7) is 2.18. The fraction of sp³-hybridized carbons (Fsp3) is 0.538. The van der Waals surface area contributed by atoms with Crippen LogP contribution in [0.1, 0.15) is 26.2 Å². The molecule has 0 radical (unpaired) electrons. The molecule has 1 amide bonds. The number of amides is 1. The summed E-state index contributed by atoms with van der Waals surface area (Å²) in [5.41, 5.74) is 5.87. The molecule has 98 valence electrons. The third-order valence-corrected chi connectivity index (χ3v) is 3.53. The van der Waals surface area contributed by atoms with Gasteiger partial charge in [-0.25, -0.2) is 0 Å². The van der Waals surface area contributed by atoms with Crippen LogP contribution in [-0.4, -0.2) is 16.5 Å². The smallest absolute Gasteiger partial charge is 0.251 e. The Labute approximate surface area is 106 Å². The summed E-state index contributed by atoms with van der Waals surface area (Å²) in [5.74, 6) is 0.396. The lowest BCUT2D eigenvalue weighted by molar-refractivity contribution is -0.122. The first kappa shape index (κ1) is 12.7. The van der Waals surface area contributed by atoms with Crippen LogP contribution in [0.3, 0.4) is 0 Å². The topological polar surface area (TPSA) is 77.1 Å². The third kappa shape index (κ3) is 2.91. The number of nitrogens with one attached hydrogen (secondary N) is 1. The van der Waals surface area contributed by atoms with Crippen LogP contribution in [0.25, 0.3) is 0 Å². The zero-order chi connectivity index (χ0) is 13.1. The van der Waals surface area contributed by atoms with Crippen LogP contribution in [-0.2, 0) is 11.3 Å². The van der Waals surface area contributed by atoms with Crippen LogP contribution < -0.4 is 16.6 Å². The quantitative estimate of drug-likeness (QED) is 0.829. The second-order valence-electron chi connectivity index (χ2n) is 5.01. The molecule has 2 atom stereocenters. The Morgan fingerprint density at radius 2 is 2.28 bits per heavy atom. The van der Waals surface area contributed by atoms with Crippen molar-refractivity contribution in [2.75, 3.05) is 5.73 Å². The van der Waals surface area contributed by atoms with E-state index in [2.05, 4.69) is 12.2 Å². The van der Waals surface area contributed by atoms with Gasteiger partial charge in [0.05, 0.1) is 0 Å². The molecule has 1 aromatic heterocycles. The molecule has 0 aliphatic heterocycles. The summed E-state index contributed by atoms with van der Waals surface area (Å²) in [5, 5.41) is 2.98. The molecule has 2 rings (SSSR count). The number of rotatable bonds is 3. The van der Waals surface area contributed by atoms with Gasteiger partial charge in [-0.1, -0.05) is 13.3 Å². The van der Waals surface area contributed by atoms with Gasteiger partial charge in [0.25, 0.3) is 5.56 Å². The molecule has 5 nitrogen and oxygen atoms in total. The number of carbonyl (C=O) groups is 1. The first-order valence-corrected chi connectivity index (χ1v) is 6.31. The van der Waals surface area contributed by atoms with E-state index in [1.54, 1.807) is 0 Å². The Morgan fingerprint density at radius 3 is 2.94 bits per heavy atom. The highest BCUT2D eigenvalue weighted by Gasteiger charge is 2.24. The summed E-state index contributed by atoms with van der Waals surface area (Å²) < 4.78 is 1.34.